The van der Waals surface area contributed by atoms with Crippen molar-refractivity contribution in [2.75, 3.05) is 13.6 Å². The van der Waals surface area contributed by atoms with Crippen LogP contribution in [0.5, 0.6) is 0 Å². The highest BCUT2D eigenvalue weighted by molar-refractivity contribution is 6.32. The number of rotatable bonds is 4. The Bertz CT molecular complexity index is 440. The van der Waals surface area contributed by atoms with Gasteiger partial charge in [-0.05, 0) is 25.1 Å². The summed E-state index contributed by atoms with van der Waals surface area (Å²) in [6, 6.07) is 4.32. The van der Waals surface area contributed by atoms with E-state index >= 15 is 0 Å². The van der Waals surface area contributed by atoms with E-state index in [2.05, 4.69) is 0 Å². The van der Waals surface area contributed by atoms with Gasteiger partial charge in [0, 0.05) is 25.2 Å². The summed E-state index contributed by atoms with van der Waals surface area (Å²) in [5, 5.41) is 9.39. The molecule has 1 unspecified atom stereocenters. The largest absolute Gasteiger partial charge is 0.392 e. The fraction of sp³-hybridized carbons (Fsp3) is 0.308. The first-order valence-corrected chi connectivity index (χ1v) is 5.85. The van der Waals surface area contributed by atoms with E-state index in [1.54, 1.807) is 20.0 Å². The first-order chi connectivity index (χ1) is 8.41. The topological polar surface area (TPSA) is 40.5 Å². The highest BCUT2D eigenvalue weighted by atomic mass is 35.5. The van der Waals surface area contributed by atoms with E-state index in [9.17, 15) is 9.18 Å². The van der Waals surface area contributed by atoms with Gasteiger partial charge in [0.15, 0.2) is 0 Å². The van der Waals surface area contributed by atoms with Crippen molar-refractivity contribution < 1.29 is 14.3 Å². The van der Waals surface area contributed by atoms with Crippen LogP contribution >= 0.6 is 11.6 Å². The number of halogens is 2. The highest BCUT2D eigenvalue weighted by Gasteiger charge is 2.09. The SMILES string of the molecule is CC(O)CN(C)C(=O)C=Cc1c(F)cccc1Cl. The Morgan fingerprint density at radius 3 is 2.83 bits per heavy atom. The van der Waals surface area contributed by atoms with Crippen LogP contribution in [0.15, 0.2) is 24.3 Å². The molecule has 0 aliphatic rings. The number of benzene rings is 1. The third-order valence-electron chi connectivity index (χ3n) is 2.31. The minimum atomic E-state index is -0.607. The Morgan fingerprint density at radius 1 is 1.61 bits per heavy atom. The number of hydrogen-bond donors (Lipinski definition) is 1. The van der Waals surface area contributed by atoms with Crippen molar-refractivity contribution >= 4 is 23.6 Å². The maximum Gasteiger partial charge on any atom is 0.246 e. The molecule has 0 fully saturated rings. The molecule has 0 heterocycles. The van der Waals surface area contributed by atoms with Gasteiger partial charge >= 0.3 is 0 Å². The van der Waals surface area contributed by atoms with Crippen molar-refractivity contribution in [3.05, 3.63) is 40.7 Å². The molecular formula is C13H15ClFNO2. The van der Waals surface area contributed by atoms with Crippen LogP contribution in [-0.2, 0) is 4.79 Å². The lowest BCUT2D eigenvalue weighted by atomic mass is 10.2. The van der Waals surface area contributed by atoms with E-state index in [1.807, 2.05) is 0 Å². The van der Waals surface area contributed by atoms with Crippen LogP contribution in [0.2, 0.25) is 5.02 Å². The van der Waals surface area contributed by atoms with E-state index in [-0.39, 0.29) is 23.0 Å². The van der Waals surface area contributed by atoms with Crippen LogP contribution in [0.4, 0.5) is 4.39 Å². The smallest absolute Gasteiger partial charge is 0.246 e. The number of aliphatic hydroxyl groups excluding tert-OH is 1. The van der Waals surface area contributed by atoms with Gasteiger partial charge in [0.1, 0.15) is 5.82 Å². The van der Waals surface area contributed by atoms with Crippen molar-refractivity contribution in [3.8, 4) is 0 Å². The normalized spacial score (nSPS) is 12.7. The van der Waals surface area contributed by atoms with Gasteiger partial charge in [0.05, 0.1) is 11.1 Å². The fourth-order valence-electron chi connectivity index (χ4n) is 1.44. The summed E-state index contributed by atoms with van der Waals surface area (Å²) < 4.78 is 13.4. The minimum absolute atomic E-state index is 0.179. The maximum absolute atomic E-state index is 13.4. The monoisotopic (exact) mass is 271 g/mol. The summed E-state index contributed by atoms with van der Waals surface area (Å²) in [5.41, 5.74) is 0.179. The number of aliphatic hydroxyl groups is 1. The zero-order valence-corrected chi connectivity index (χ0v) is 11.0. The molecule has 1 rings (SSSR count). The molecule has 1 aromatic rings. The summed E-state index contributed by atoms with van der Waals surface area (Å²) in [6.07, 6.45) is 1.95. The third-order valence-corrected chi connectivity index (χ3v) is 2.64. The Kier molecular flexibility index (Phi) is 5.31. The number of nitrogens with zero attached hydrogens (tertiary/aromatic N) is 1. The van der Waals surface area contributed by atoms with Crippen molar-refractivity contribution in [2.24, 2.45) is 0 Å². The zero-order chi connectivity index (χ0) is 13.7. The van der Waals surface area contributed by atoms with E-state index in [1.165, 1.54) is 29.2 Å². The first kappa shape index (κ1) is 14.7. The quantitative estimate of drug-likeness (QED) is 0.854. The molecular weight excluding hydrogens is 257 g/mol. The van der Waals surface area contributed by atoms with E-state index in [0.29, 0.717) is 0 Å². The zero-order valence-electron chi connectivity index (χ0n) is 10.2. The number of amides is 1. The minimum Gasteiger partial charge on any atom is -0.392 e. The summed E-state index contributed by atoms with van der Waals surface area (Å²) in [6.45, 7) is 1.80. The second-order valence-corrected chi connectivity index (χ2v) is 4.44. The second-order valence-electron chi connectivity index (χ2n) is 4.04. The van der Waals surface area contributed by atoms with Crippen LogP contribution in [0.1, 0.15) is 12.5 Å². The van der Waals surface area contributed by atoms with Gasteiger partial charge < -0.3 is 10.0 Å². The van der Waals surface area contributed by atoms with Gasteiger partial charge in [0.25, 0.3) is 0 Å². The fourth-order valence-corrected chi connectivity index (χ4v) is 1.66. The molecule has 1 N–H and O–H groups in total. The van der Waals surface area contributed by atoms with Crippen LogP contribution in [0.25, 0.3) is 6.08 Å². The molecule has 0 saturated heterocycles. The van der Waals surface area contributed by atoms with Gasteiger partial charge in [-0.25, -0.2) is 4.39 Å². The van der Waals surface area contributed by atoms with Crippen LogP contribution in [0, 0.1) is 5.82 Å². The molecule has 0 spiro atoms. The lowest BCUT2D eigenvalue weighted by molar-refractivity contribution is -0.125. The molecule has 1 amide bonds. The van der Waals surface area contributed by atoms with Gasteiger partial charge in [-0.15, -0.1) is 0 Å². The molecule has 5 heteroatoms. The maximum atomic E-state index is 13.4. The van der Waals surface area contributed by atoms with Gasteiger partial charge in [-0.3, -0.25) is 4.79 Å². The third kappa shape index (κ3) is 4.13. The molecule has 0 radical (unpaired) electrons. The van der Waals surface area contributed by atoms with Gasteiger partial charge in [0.2, 0.25) is 5.91 Å². The lowest BCUT2D eigenvalue weighted by Gasteiger charge is -2.16. The highest BCUT2D eigenvalue weighted by Crippen LogP contribution is 2.20. The number of carbonyl (C=O) groups is 1. The summed E-state index contributed by atoms with van der Waals surface area (Å²) in [4.78, 5) is 13.0. The molecule has 1 aromatic carbocycles. The molecule has 18 heavy (non-hydrogen) atoms. The molecule has 0 aliphatic heterocycles. The predicted octanol–water partition coefficient (Wildman–Crippen LogP) is 2.33. The standard InChI is InChI=1S/C13H15ClFNO2/c1-9(17)8-16(2)13(18)7-6-10-11(14)4-3-5-12(10)15/h3-7,9,17H,8H2,1-2H3. The number of carbonyl (C=O) groups excluding carboxylic acids is 1. The van der Waals surface area contributed by atoms with E-state index in [0.717, 1.165) is 0 Å². The Balaban J connectivity index is 2.78. The van der Waals surface area contributed by atoms with E-state index in [4.69, 9.17) is 16.7 Å². The number of likely N-dealkylation sites (N-methyl/N-ethyl adjacent to an activating group) is 1. The van der Waals surface area contributed by atoms with E-state index < -0.39 is 11.9 Å². The average molecular weight is 272 g/mol. The van der Waals surface area contributed by atoms with Crippen LogP contribution < -0.4 is 0 Å². The van der Waals surface area contributed by atoms with Crippen molar-refractivity contribution in [1.29, 1.82) is 0 Å². The van der Waals surface area contributed by atoms with Crippen LogP contribution in [0.3, 0.4) is 0 Å². The Hall–Kier alpha value is -1.39. The van der Waals surface area contributed by atoms with Gasteiger partial charge in [-0.1, -0.05) is 17.7 Å². The number of hydrogen-bond acceptors (Lipinski definition) is 2. The summed E-state index contributed by atoms with van der Waals surface area (Å²) in [5.74, 6) is -0.806. The lowest BCUT2D eigenvalue weighted by Crippen LogP contribution is -2.31. The first-order valence-electron chi connectivity index (χ1n) is 5.47. The van der Waals surface area contributed by atoms with Crippen molar-refractivity contribution in [1.82, 2.24) is 4.90 Å². The van der Waals surface area contributed by atoms with Crippen molar-refractivity contribution in [2.45, 2.75) is 13.0 Å². The Labute approximate surface area is 110 Å². The van der Waals surface area contributed by atoms with Crippen molar-refractivity contribution in [3.63, 3.8) is 0 Å². The van der Waals surface area contributed by atoms with Gasteiger partial charge in [-0.2, -0.15) is 0 Å². The molecule has 1 atom stereocenters. The second kappa shape index (κ2) is 6.52. The Morgan fingerprint density at radius 2 is 2.28 bits per heavy atom. The molecule has 0 aromatic heterocycles. The molecule has 0 aliphatic carbocycles. The molecule has 0 saturated carbocycles. The predicted molar refractivity (Wildman–Crippen MR) is 69.8 cm³/mol. The molecule has 0 bridgehead atoms. The molecule has 3 nitrogen and oxygen atoms in total. The summed E-state index contributed by atoms with van der Waals surface area (Å²) >= 11 is 5.82. The average Bonchev–Trinajstić information content (AvgIpc) is 2.27. The molecule has 98 valence electrons. The summed E-state index contributed by atoms with van der Waals surface area (Å²) in [7, 11) is 1.56. The van der Waals surface area contributed by atoms with Crippen LogP contribution in [-0.4, -0.2) is 35.6 Å².